The average Bonchev–Trinajstić information content (AvgIpc) is 2.60. The smallest absolute Gasteiger partial charge is 0.227 e. The van der Waals surface area contributed by atoms with Crippen LogP contribution in [0.4, 0.5) is 0 Å². The number of amides is 2. The molecule has 5 nitrogen and oxygen atoms in total. The van der Waals surface area contributed by atoms with Crippen molar-refractivity contribution in [3.63, 3.8) is 0 Å². The van der Waals surface area contributed by atoms with Crippen molar-refractivity contribution in [2.75, 3.05) is 13.1 Å². The maximum absolute atomic E-state index is 12.2. The van der Waals surface area contributed by atoms with E-state index in [1.165, 1.54) is 12.8 Å². The van der Waals surface area contributed by atoms with Gasteiger partial charge < -0.3 is 16.8 Å². The van der Waals surface area contributed by atoms with Gasteiger partial charge in [-0.05, 0) is 19.3 Å². The molecule has 18 heavy (non-hydrogen) atoms. The third-order valence-electron chi connectivity index (χ3n) is 3.82. The fraction of sp³-hybridized carbons (Fsp3) is 0.846. The van der Waals surface area contributed by atoms with Crippen LogP contribution in [0.25, 0.3) is 0 Å². The number of rotatable bonds is 6. The first-order valence-electron chi connectivity index (χ1n) is 6.87. The molecule has 0 aromatic rings. The van der Waals surface area contributed by atoms with E-state index < -0.39 is 0 Å². The van der Waals surface area contributed by atoms with Gasteiger partial charge >= 0.3 is 0 Å². The van der Waals surface area contributed by atoms with E-state index in [1.807, 2.05) is 0 Å². The number of nitrogens with two attached hydrogens (primary N) is 2. The van der Waals surface area contributed by atoms with Gasteiger partial charge in [0, 0.05) is 19.5 Å². The number of carbonyl (C=O) groups is 2. The SMILES string of the molecule is NCC1(C(=O)NCCCC(N)=O)CCCCCC1. The Bertz CT molecular complexity index is 284. The van der Waals surface area contributed by atoms with Gasteiger partial charge in [0.25, 0.3) is 0 Å². The molecule has 0 radical (unpaired) electrons. The van der Waals surface area contributed by atoms with E-state index >= 15 is 0 Å². The topological polar surface area (TPSA) is 98.2 Å². The summed E-state index contributed by atoms with van der Waals surface area (Å²) < 4.78 is 0. The third-order valence-corrected chi connectivity index (χ3v) is 3.82. The van der Waals surface area contributed by atoms with Gasteiger partial charge in [-0.25, -0.2) is 0 Å². The molecule has 0 aliphatic heterocycles. The Morgan fingerprint density at radius 1 is 1.11 bits per heavy atom. The first-order valence-corrected chi connectivity index (χ1v) is 6.87. The quantitative estimate of drug-likeness (QED) is 0.480. The van der Waals surface area contributed by atoms with Crippen LogP contribution in [0.15, 0.2) is 0 Å². The lowest BCUT2D eigenvalue weighted by molar-refractivity contribution is -0.131. The van der Waals surface area contributed by atoms with Crippen LogP contribution in [-0.2, 0) is 9.59 Å². The van der Waals surface area contributed by atoms with E-state index in [2.05, 4.69) is 5.32 Å². The fourth-order valence-electron chi connectivity index (χ4n) is 2.58. The van der Waals surface area contributed by atoms with E-state index in [0.717, 1.165) is 25.7 Å². The summed E-state index contributed by atoms with van der Waals surface area (Å²) in [6.07, 6.45) is 7.21. The van der Waals surface area contributed by atoms with E-state index in [1.54, 1.807) is 0 Å². The first kappa shape index (κ1) is 15.0. The second kappa shape index (κ2) is 7.36. The zero-order valence-corrected chi connectivity index (χ0v) is 11.0. The summed E-state index contributed by atoms with van der Waals surface area (Å²) in [5, 5.41) is 2.90. The molecule has 5 N–H and O–H groups in total. The highest BCUT2D eigenvalue weighted by molar-refractivity contribution is 5.83. The molecule has 0 heterocycles. The number of hydrogen-bond acceptors (Lipinski definition) is 3. The van der Waals surface area contributed by atoms with Crippen molar-refractivity contribution >= 4 is 11.8 Å². The van der Waals surface area contributed by atoms with Crippen molar-refractivity contribution in [2.45, 2.75) is 51.4 Å². The van der Waals surface area contributed by atoms with Gasteiger partial charge in [-0.3, -0.25) is 9.59 Å². The molecule has 5 heteroatoms. The van der Waals surface area contributed by atoms with Crippen molar-refractivity contribution < 1.29 is 9.59 Å². The molecule has 1 fully saturated rings. The Labute approximate surface area is 109 Å². The lowest BCUT2D eigenvalue weighted by Crippen LogP contribution is -2.46. The Morgan fingerprint density at radius 3 is 2.22 bits per heavy atom. The maximum atomic E-state index is 12.2. The van der Waals surface area contributed by atoms with Crippen LogP contribution in [0.1, 0.15) is 51.4 Å². The van der Waals surface area contributed by atoms with Crippen LogP contribution in [0.3, 0.4) is 0 Å². The van der Waals surface area contributed by atoms with Crippen molar-refractivity contribution in [3.05, 3.63) is 0 Å². The standard InChI is InChI=1S/C13H25N3O2/c14-10-13(7-3-1-2-4-8-13)12(18)16-9-5-6-11(15)17/h1-10,14H2,(H2,15,17)(H,16,18). The van der Waals surface area contributed by atoms with Crippen molar-refractivity contribution in [1.82, 2.24) is 5.32 Å². The molecule has 0 unspecified atom stereocenters. The molecule has 0 atom stereocenters. The Hall–Kier alpha value is -1.10. The number of primary amides is 1. The highest BCUT2D eigenvalue weighted by Gasteiger charge is 2.36. The second-order valence-electron chi connectivity index (χ2n) is 5.22. The van der Waals surface area contributed by atoms with Gasteiger partial charge in [-0.15, -0.1) is 0 Å². The summed E-state index contributed by atoms with van der Waals surface area (Å²) in [6, 6.07) is 0. The van der Waals surface area contributed by atoms with Crippen LogP contribution < -0.4 is 16.8 Å². The van der Waals surface area contributed by atoms with Crippen molar-refractivity contribution in [2.24, 2.45) is 16.9 Å². The highest BCUT2D eigenvalue weighted by atomic mass is 16.2. The maximum Gasteiger partial charge on any atom is 0.227 e. The lowest BCUT2D eigenvalue weighted by Gasteiger charge is -2.29. The predicted octanol–water partition coefficient (Wildman–Crippen LogP) is 0.667. The van der Waals surface area contributed by atoms with E-state index in [-0.39, 0.29) is 17.2 Å². The zero-order chi connectivity index (χ0) is 13.4. The molecule has 1 rings (SSSR count). The summed E-state index contributed by atoms with van der Waals surface area (Å²) in [6.45, 7) is 0.915. The number of hydrogen-bond donors (Lipinski definition) is 3. The van der Waals surface area contributed by atoms with Gasteiger partial charge in [0.05, 0.1) is 5.41 Å². The minimum absolute atomic E-state index is 0.0522. The molecule has 1 saturated carbocycles. The van der Waals surface area contributed by atoms with Crippen LogP contribution in [0.2, 0.25) is 0 Å². The predicted molar refractivity (Wildman–Crippen MR) is 70.6 cm³/mol. The summed E-state index contributed by atoms with van der Waals surface area (Å²) in [7, 11) is 0. The van der Waals surface area contributed by atoms with Crippen molar-refractivity contribution in [1.29, 1.82) is 0 Å². The summed E-state index contributed by atoms with van der Waals surface area (Å²) >= 11 is 0. The minimum Gasteiger partial charge on any atom is -0.370 e. The second-order valence-corrected chi connectivity index (χ2v) is 5.22. The number of nitrogens with one attached hydrogen (secondary N) is 1. The molecule has 0 spiro atoms. The largest absolute Gasteiger partial charge is 0.370 e. The third kappa shape index (κ3) is 4.29. The molecule has 104 valence electrons. The normalized spacial score (nSPS) is 18.9. The van der Waals surface area contributed by atoms with E-state index in [0.29, 0.717) is 25.9 Å². The minimum atomic E-state index is -0.386. The molecule has 0 aromatic heterocycles. The van der Waals surface area contributed by atoms with Gasteiger partial charge in [0.1, 0.15) is 0 Å². The van der Waals surface area contributed by atoms with Gasteiger partial charge in [0.2, 0.25) is 11.8 Å². The lowest BCUT2D eigenvalue weighted by atomic mass is 9.79. The molecular formula is C13H25N3O2. The Kier molecular flexibility index (Phi) is 6.12. The molecule has 0 aromatic carbocycles. The van der Waals surface area contributed by atoms with Crippen molar-refractivity contribution in [3.8, 4) is 0 Å². The molecule has 0 bridgehead atoms. The van der Waals surface area contributed by atoms with Gasteiger partial charge in [-0.2, -0.15) is 0 Å². The Balaban J connectivity index is 2.42. The Morgan fingerprint density at radius 2 is 1.72 bits per heavy atom. The van der Waals surface area contributed by atoms with E-state index in [4.69, 9.17) is 11.5 Å². The van der Waals surface area contributed by atoms with Crippen LogP contribution in [0, 0.1) is 5.41 Å². The average molecular weight is 255 g/mol. The zero-order valence-electron chi connectivity index (χ0n) is 11.0. The fourth-order valence-corrected chi connectivity index (χ4v) is 2.58. The summed E-state index contributed by atoms with van der Waals surface area (Å²) in [5.41, 5.74) is 10.5. The molecule has 0 saturated heterocycles. The van der Waals surface area contributed by atoms with Gasteiger partial charge in [-0.1, -0.05) is 25.7 Å². The monoisotopic (exact) mass is 255 g/mol. The van der Waals surface area contributed by atoms with Crippen LogP contribution >= 0.6 is 0 Å². The molecular weight excluding hydrogens is 230 g/mol. The van der Waals surface area contributed by atoms with Crippen LogP contribution in [-0.4, -0.2) is 24.9 Å². The van der Waals surface area contributed by atoms with E-state index in [9.17, 15) is 9.59 Å². The summed E-state index contributed by atoms with van der Waals surface area (Å²) in [4.78, 5) is 22.8. The number of carbonyl (C=O) groups excluding carboxylic acids is 2. The molecule has 2 amide bonds. The molecule has 1 aliphatic carbocycles. The highest BCUT2D eigenvalue weighted by Crippen LogP contribution is 2.34. The van der Waals surface area contributed by atoms with Gasteiger partial charge in [0.15, 0.2) is 0 Å². The summed E-state index contributed by atoms with van der Waals surface area (Å²) in [5.74, 6) is -0.274. The first-order chi connectivity index (χ1) is 8.60. The van der Waals surface area contributed by atoms with Crippen LogP contribution in [0.5, 0.6) is 0 Å². The molecule has 1 aliphatic rings.